The minimum atomic E-state index is 0. The molecule has 1 rings (SSSR count). The molecule has 3 nitrogen and oxygen atoms in total. The van der Waals surface area contributed by atoms with Gasteiger partial charge in [-0.25, -0.2) is 0 Å². The maximum Gasteiger partial charge on any atom is 0.183 e. The molecule has 1 aliphatic rings. The Morgan fingerprint density at radius 3 is 2.45 bits per heavy atom. The number of methoxy groups -OCH3 is 1. The number of hydrogen-bond acceptors (Lipinski definition) is 3. The standard InChI is InChI=1S/C7H13NO2.ClH/c1-9-7(8)6-2-4-10-5-3-6;/h6,8H,2-5H2,1H3;1H. The van der Waals surface area contributed by atoms with Crippen LogP contribution < -0.4 is 0 Å². The monoisotopic (exact) mass is 179 g/mol. The van der Waals surface area contributed by atoms with Gasteiger partial charge in [0.1, 0.15) is 0 Å². The summed E-state index contributed by atoms with van der Waals surface area (Å²) in [5.41, 5.74) is 0. The van der Waals surface area contributed by atoms with Crippen molar-refractivity contribution < 1.29 is 9.47 Å². The molecule has 0 atom stereocenters. The first-order valence-electron chi connectivity index (χ1n) is 3.54. The fourth-order valence-corrected chi connectivity index (χ4v) is 1.13. The lowest BCUT2D eigenvalue weighted by molar-refractivity contribution is 0.0771. The lowest BCUT2D eigenvalue weighted by Crippen LogP contribution is -2.23. The van der Waals surface area contributed by atoms with Gasteiger partial charge >= 0.3 is 0 Å². The van der Waals surface area contributed by atoms with Crippen LogP contribution in [0.5, 0.6) is 0 Å². The van der Waals surface area contributed by atoms with E-state index in [9.17, 15) is 0 Å². The molecule has 0 unspecified atom stereocenters. The molecule has 0 amide bonds. The van der Waals surface area contributed by atoms with Crippen LogP contribution in [0.15, 0.2) is 0 Å². The Morgan fingerprint density at radius 2 is 2.00 bits per heavy atom. The van der Waals surface area contributed by atoms with Crippen LogP contribution in [-0.2, 0) is 9.47 Å². The molecular formula is C7H14ClNO2. The summed E-state index contributed by atoms with van der Waals surface area (Å²) in [5.74, 6) is 0.710. The van der Waals surface area contributed by atoms with Crippen molar-refractivity contribution in [2.75, 3.05) is 20.3 Å². The van der Waals surface area contributed by atoms with Crippen molar-refractivity contribution >= 4 is 18.3 Å². The van der Waals surface area contributed by atoms with Gasteiger partial charge in [-0.3, -0.25) is 5.41 Å². The number of nitrogens with one attached hydrogen (secondary N) is 1. The summed E-state index contributed by atoms with van der Waals surface area (Å²) in [5, 5.41) is 7.35. The van der Waals surface area contributed by atoms with Crippen molar-refractivity contribution in [1.29, 1.82) is 5.41 Å². The molecule has 1 fully saturated rings. The second kappa shape index (κ2) is 5.38. The van der Waals surface area contributed by atoms with Gasteiger partial charge in [0, 0.05) is 19.1 Å². The molecule has 66 valence electrons. The Hall–Kier alpha value is -0.280. The van der Waals surface area contributed by atoms with Crippen molar-refractivity contribution in [2.45, 2.75) is 12.8 Å². The molecule has 0 aliphatic carbocycles. The summed E-state index contributed by atoms with van der Waals surface area (Å²) < 4.78 is 9.96. The number of ether oxygens (including phenoxy) is 2. The van der Waals surface area contributed by atoms with Crippen molar-refractivity contribution in [3.8, 4) is 0 Å². The zero-order chi connectivity index (χ0) is 7.40. The number of hydrogen-bond donors (Lipinski definition) is 1. The molecule has 1 heterocycles. The van der Waals surface area contributed by atoms with Gasteiger partial charge in [0.15, 0.2) is 5.90 Å². The average Bonchev–Trinajstić information content (AvgIpc) is 2.05. The summed E-state index contributed by atoms with van der Waals surface area (Å²) in [6.07, 6.45) is 1.87. The van der Waals surface area contributed by atoms with E-state index in [1.54, 1.807) is 7.11 Å². The van der Waals surface area contributed by atoms with Crippen LogP contribution in [0.2, 0.25) is 0 Å². The Bertz CT molecular complexity index is 124. The summed E-state index contributed by atoms with van der Waals surface area (Å²) >= 11 is 0. The van der Waals surface area contributed by atoms with E-state index >= 15 is 0 Å². The van der Waals surface area contributed by atoms with Crippen LogP contribution in [0.1, 0.15) is 12.8 Å². The van der Waals surface area contributed by atoms with E-state index in [0.717, 1.165) is 26.1 Å². The van der Waals surface area contributed by atoms with E-state index in [-0.39, 0.29) is 12.4 Å². The van der Waals surface area contributed by atoms with Crippen LogP contribution in [0.25, 0.3) is 0 Å². The van der Waals surface area contributed by atoms with E-state index in [4.69, 9.17) is 14.9 Å². The third-order valence-corrected chi connectivity index (χ3v) is 1.81. The first-order chi connectivity index (χ1) is 4.84. The Kier molecular flexibility index (Phi) is 5.24. The van der Waals surface area contributed by atoms with Gasteiger partial charge in [-0.15, -0.1) is 12.4 Å². The van der Waals surface area contributed by atoms with Crippen molar-refractivity contribution in [3.05, 3.63) is 0 Å². The van der Waals surface area contributed by atoms with Gasteiger partial charge in [0.2, 0.25) is 0 Å². The van der Waals surface area contributed by atoms with E-state index in [1.807, 2.05) is 0 Å². The van der Waals surface area contributed by atoms with E-state index < -0.39 is 0 Å². The van der Waals surface area contributed by atoms with Crippen molar-refractivity contribution in [2.24, 2.45) is 5.92 Å². The van der Waals surface area contributed by atoms with Gasteiger partial charge in [0.25, 0.3) is 0 Å². The minimum absolute atomic E-state index is 0. The smallest absolute Gasteiger partial charge is 0.183 e. The van der Waals surface area contributed by atoms with Gasteiger partial charge in [-0.2, -0.15) is 0 Å². The summed E-state index contributed by atoms with van der Waals surface area (Å²) in [7, 11) is 1.55. The van der Waals surface area contributed by atoms with Gasteiger partial charge in [-0.05, 0) is 12.8 Å². The van der Waals surface area contributed by atoms with Crippen LogP contribution in [0, 0.1) is 11.3 Å². The highest BCUT2D eigenvalue weighted by molar-refractivity contribution is 5.85. The quantitative estimate of drug-likeness (QED) is 0.489. The van der Waals surface area contributed by atoms with Gasteiger partial charge < -0.3 is 9.47 Å². The Morgan fingerprint density at radius 1 is 1.45 bits per heavy atom. The highest BCUT2D eigenvalue weighted by Gasteiger charge is 2.18. The van der Waals surface area contributed by atoms with E-state index in [1.165, 1.54) is 0 Å². The lowest BCUT2D eigenvalue weighted by Gasteiger charge is -2.21. The molecule has 0 saturated carbocycles. The van der Waals surface area contributed by atoms with Crippen LogP contribution in [0.4, 0.5) is 0 Å². The van der Waals surface area contributed by atoms with E-state index in [2.05, 4.69) is 0 Å². The molecule has 1 aliphatic heterocycles. The van der Waals surface area contributed by atoms with Crippen LogP contribution in [0.3, 0.4) is 0 Å². The molecule has 1 N–H and O–H groups in total. The average molecular weight is 180 g/mol. The largest absolute Gasteiger partial charge is 0.484 e. The first-order valence-corrected chi connectivity index (χ1v) is 3.54. The number of rotatable bonds is 1. The highest BCUT2D eigenvalue weighted by atomic mass is 35.5. The molecule has 0 aromatic heterocycles. The van der Waals surface area contributed by atoms with Crippen LogP contribution >= 0.6 is 12.4 Å². The first kappa shape index (κ1) is 10.7. The van der Waals surface area contributed by atoms with E-state index in [0.29, 0.717) is 11.8 Å². The fraction of sp³-hybridized carbons (Fsp3) is 0.857. The predicted molar refractivity (Wildman–Crippen MR) is 45.5 cm³/mol. The number of halogens is 1. The molecule has 0 aromatic rings. The highest BCUT2D eigenvalue weighted by Crippen LogP contribution is 2.15. The third-order valence-electron chi connectivity index (χ3n) is 1.81. The van der Waals surface area contributed by atoms with Gasteiger partial charge in [-0.1, -0.05) is 0 Å². The van der Waals surface area contributed by atoms with Crippen LogP contribution in [-0.4, -0.2) is 26.2 Å². The van der Waals surface area contributed by atoms with Crippen molar-refractivity contribution in [3.63, 3.8) is 0 Å². The Labute approximate surface area is 73.0 Å². The topological polar surface area (TPSA) is 42.3 Å². The lowest BCUT2D eigenvalue weighted by atomic mass is 10.0. The summed E-state index contributed by atoms with van der Waals surface area (Å²) in [6, 6.07) is 0. The SMILES string of the molecule is COC(=N)C1CCOCC1.Cl. The predicted octanol–water partition coefficient (Wildman–Crippen LogP) is 1.46. The van der Waals surface area contributed by atoms with Gasteiger partial charge in [0.05, 0.1) is 7.11 Å². The molecule has 0 aromatic carbocycles. The zero-order valence-electron chi connectivity index (χ0n) is 6.63. The summed E-state index contributed by atoms with van der Waals surface area (Å²) in [4.78, 5) is 0. The molecule has 0 radical (unpaired) electrons. The molecule has 11 heavy (non-hydrogen) atoms. The molecule has 1 saturated heterocycles. The summed E-state index contributed by atoms with van der Waals surface area (Å²) in [6.45, 7) is 1.55. The molecule has 0 bridgehead atoms. The molecule has 0 spiro atoms. The maximum absolute atomic E-state index is 7.35. The fourth-order valence-electron chi connectivity index (χ4n) is 1.13. The second-order valence-corrected chi connectivity index (χ2v) is 2.46. The van der Waals surface area contributed by atoms with Crippen molar-refractivity contribution in [1.82, 2.24) is 0 Å². The zero-order valence-corrected chi connectivity index (χ0v) is 7.45. The normalized spacial score (nSPS) is 18.6. The second-order valence-electron chi connectivity index (χ2n) is 2.46. The maximum atomic E-state index is 7.35. The molecule has 4 heteroatoms. The molecular weight excluding hydrogens is 166 g/mol. The third kappa shape index (κ3) is 3.08. The minimum Gasteiger partial charge on any atom is -0.484 e. The Balaban J connectivity index is 0.000001000.